The average molecular weight is 140 g/mol. The lowest BCUT2D eigenvalue weighted by Crippen LogP contribution is -2.18. The Balaban J connectivity index is 2.76. The summed E-state index contributed by atoms with van der Waals surface area (Å²) in [5, 5.41) is 8.77. The SMILES string of the molecule is CC1=CC(=O)C(CO)C1C. The zero-order valence-corrected chi connectivity index (χ0v) is 6.29. The van der Waals surface area contributed by atoms with Crippen LogP contribution >= 0.6 is 0 Å². The maximum atomic E-state index is 11.0. The molecule has 0 saturated heterocycles. The van der Waals surface area contributed by atoms with Crippen LogP contribution in [0, 0.1) is 11.8 Å². The molecule has 2 nitrogen and oxygen atoms in total. The van der Waals surface area contributed by atoms with E-state index in [4.69, 9.17) is 5.11 Å². The summed E-state index contributed by atoms with van der Waals surface area (Å²) in [6, 6.07) is 0. The van der Waals surface area contributed by atoms with Gasteiger partial charge in [-0.05, 0) is 18.9 Å². The molecule has 2 heteroatoms. The fraction of sp³-hybridized carbons (Fsp3) is 0.625. The first-order valence-corrected chi connectivity index (χ1v) is 3.49. The second-order valence-electron chi connectivity index (χ2n) is 2.87. The third-order valence-corrected chi connectivity index (χ3v) is 2.25. The van der Waals surface area contributed by atoms with E-state index in [1.165, 1.54) is 0 Å². The quantitative estimate of drug-likeness (QED) is 0.583. The third kappa shape index (κ3) is 0.991. The molecule has 0 fully saturated rings. The van der Waals surface area contributed by atoms with Crippen LogP contribution in [0.2, 0.25) is 0 Å². The highest BCUT2D eigenvalue weighted by Crippen LogP contribution is 2.27. The van der Waals surface area contributed by atoms with Crippen LogP contribution in [0.1, 0.15) is 13.8 Å². The molecule has 0 bridgehead atoms. The van der Waals surface area contributed by atoms with Gasteiger partial charge in [0.15, 0.2) is 5.78 Å². The van der Waals surface area contributed by atoms with Crippen molar-refractivity contribution in [2.24, 2.45) is 11.8 Å². The molecule has 2 unspecified atom stereocenters. The van der Waals surface area contributed by atoms with Gasteiger partial charge in [0, 0.05) is 0 Å². The van der Waals surface area contributed by atoms with Crippen molar-refractivity contribution < 1.29 is 9.90 Å². The molecule has 0 heterocycles. The molecule has 0 aromatic heterocycles. The largest absolute Gasteiger partial charge is 0.396 e. The van der Waals surface area contributed by atoms with Crippen molar-refractivity contribution in [3.63, 3.8) is 0 Å². The first kappa shape index (κ1) is 7.48. The molecule has 1 rings (SSSR count). The van der Waals surface area contributed by atoms with Crippen molar-refractivity contribution in [3.8, 4) is 0 Å². The summed E-state index contributed by atoms with van der Waals surface area (Å²) in [5.41, 5.74) is 1.09. The summed E-state index contributed by atoms with van der Waals surface area (Å²) >= 11 is 0. The molecule has 0 aromatic rings. The molecule has 1 aliphatic carbocycles. The zero-order valence-electron chi connectivity index (χ0n) is 6.29. The highest BCUT2D eigenvalue weighted by molar-refractivity contribution is 5.95. The Hall–Kier alpha value is -0.630. The van der Waals surface area contributed by atoms with E-state index in [1.54, 1.807) is 6.08 Å². The lowest BCUT2D eigenvalue weighted by Gasteiger charge is -2.11. The van der Waals surface area contributed by atoms with E-state index in [-0.39, 0.29) is 24.2 Å². The Labute approximate surface area is 60.6 Å². The molecule has 0 radical (unpaired) electrons. The molecule has 1 N–H and O–H groups in total. The summed E-state index contributed by atoms with van der Waals surface area (Å²) in [5.74, 6) is 0.144. The smallest absolute Gasteiger partial charge is 0.161 e. The van der Waals surface area contributed by atoms with Crippen LogP contribution in [0.15, 0.2) is 11.6 Å². The van der Waals surface area contributed by atoms with E-state index >= 15 is 0 Å². The van der Waals surface area contributed by atoms with Gasteiger partial charge in [0.2, 0.25) is 0 Å². The minimum atomic E-state index is -0.167. The lowest BCUT2D eigenvalue weighted by molar-refractivity contribution is -0.119. The summed E-state index contributed by atoms with van der Waals surface area (Å²) < 4.78 is 0. The number of allylic oxidation sites excluding steroid dienone is 2. The van der Waals surface area contributed by atoms with Gasteiger partial charge in [0.25, 0.3) is 0 Å². The monoisotopic (exact) mass is 140 g/mol. The average Bonchev–Trinajstić information content (AvgIpc) is 2.09. The van der Waals surface area contributed by atoms with Gasteiger partial charge in [-0.25, -0.2) is 0 Å². The van der Waals surface area contributed by atoms with Crippen LogP contribution in [0.25, 0.3) is 0 Å². The lowest BCUT2D eigenvalue weighted by atomic mass is 9.94. The van der Waals surface area contributed by atoms with E-state index < -0.39 is 0 Å². The van der Waals surface area contributed by atoms with Gasteiger partial charge in [-0.1, -0.05) is 12.5 Å². The van der Waals surface area contributed by atoms with Crippen molar-refractivity contribution >= 4 is 5.78 Å². The molecular weight excluding hydrogens is 128 g/mol. The number of aliphatic hydroxyl groups excluding tert-OH is 1. The molecule has 0 aromatic carbocycles. The fourth-order valence-corrected chi connectivity index (χ4v) is 1.27. The Morgan fingerprint density at radius 1 is 1.70 bits per heavy atom. The summed E-state index contributed by atoms with van der Waals surface area (Å²) in [7, 11) is 0. The van der Waals surface area contributed by atoms with E-state index in [1.807, 2.05) is 13.8 Å². The first-order chi connectivity index (χ1) is 4.66. The summed E-state index contributed by atoms with van der Waals surface area (Å²) in [6.07, 6.45) is 1.63. The molecular formula is C8H12O2. The number of aliphatic hydroxyl groups is 1. The van der Waals surface area contributed by atoms with Crippen molar-refractivity contribution in [2.45, 2.75) is 13.8 Å². The van der Waals surface area contributed by atoms with Gasteiger partial charge in [0.1, 0.15) is 0 Å². The van der Waals surface area contributed by atoms with Crippen LogP contribution in [-0.4, -0.2) is 17.5 Å². The minimum Gasteiger partial charge on any atom is -0.396 e. The molecule has 0 amide bonds. The zero-order chi connectivity index (χ0) is 7.72. The van der Waals surface area contributed by atoms with Gasteiger partial charge in [0.05, 0.1) is 12.5 Å². The van der Waals surface area contributed by atoms with Crippen molar-refractivity contribution in [2.75, 3.05) is 6.61 Å². The highest BCUT2D eigenvalue weighted by Gasteiger charge is 2.29. The van der Waals surface area contributed by atoms with E-state index in [0.717, 1.165) is 5.57 Å². The number of hydrogen-bond acceptors (Lipinski definition) is 2. The van der Waals surface area contributed by atoms with Gasteiger partial charge in [-0.15, -0.1) is 0 Å². The highest BCUT2D eigenvalue weighted by atomic mass is 16.3. The van der Waals surface area contributed by atoms with E-state index in [2.05, 4.69) is 0 Å². The number of carbonyl (C=O) groups is 1. The van der Waals surface area contributed by atoms with Gasteiger partial charge in [-0.3, -0.25) is 4.79 Å². The van der Waals surface area contributed by atoms with Crippen LogP contribution in [-0.2, 0) is 4.79 Å². The Morgan fingerprint density at radius 2 is 2.30 bits per heavy atom. The van der Waals surface area contributed by atoms with Gasteiger partial charge < -0.3 is 5.11 Å². The Kier molecular flexibility index (Phi) is 1.90. The van der Waals surface area contributed by atoms with Crippen molar-refractivity contribution in [3.05, 3.63) is 11.6 Å². The predicted molar refractivity (Wildman–Crippen MR) is 38.5 cm³/mol. The summed E-state index contributed by atoms with van der Waals surface area (Å²) in [4.78, 5) is 11.0. The van der Waals surface area contributed by atoms with Crippen molar-refractivity contribution in [1.29, 1.82) is 0 Å². The van der Waals surface area contributed by atoms with Crippen LogP contribution in [0.4, 0.5) is 0 Å². The number of rotatable bonds is 1. The first-order valence-electron chi connectivity index (χ1n) is 3.49. The van der Waals surface area contributed by atoms with Gasteiger partial charge >= 0.3 is 0 Å². The standard InChI is InChI=1S/C8H12O2/c1-5-3-8(10)7(4-9)6(5)2/h3,6-7,9H,4H2,1-2H3. The third-order valence-electron chi connectivity index (χ3n) is 2.25. The second-order valence-corrected chi connectivity index (χ2v) is 2.87. The molecule has 56 valence electrons. The molecule has 10 heavy (non-hydrogen) atoms. The maximum absolute atomic E-state index is 11.0. The second kappa shape index (κ2) is 2.54. The predicted octanol–water partition coefficient (Wildman–Crippen LogP) is 0.760. The number of ketones is 1. The van der Waals surface area contributed by atoms with Crippen LogP contribution < -0.4 is 0 Å². The minimum absolute atomic E-state index is 0.0200. The molecule has 1 aliphatic rings. The van der Waals surface area contributed by atoms with E-state index in [0.29, 0.717) is 0 Å². The molecule has 2 atom stereocenters. The Morgan fingerprint density at radius 3 is 2.50 bits per heavy atom. The summed E-state index contributed by atoms with van der Waals surface area (Å²) in [6.45, 7) is 3.88. The normalized spacial score (nSPS) is 32.7. The molecule has 0 spiro atoms. The fourth-order valence-electron chi connectivity index (χ4n) is 1.27. The topological polar surface area (TPSA) is 37.3 Å². The van der Waals surface area contributed by atoms with Crippen LogP contribution in [0.5, 0.6) is 0 Å². The van der Waals surface area contributed by atoms with Gasteiger partial charge in [-0.2, -0.15) is 0 Å². The van der Waals surface area contributed by atoms with Crippen molar-refractivity contribution in [1.82, 2.24) is 0 Å². The number of hydrogen-bond donors (Lipinski definition) is 1. The maximum Gasteiger partial charge on any atom is 0.161 e. The van der Waals surface area contributed by atoms with Crippen LogP contribution in [0.3, 0.4) is 0 Å². The molecule has 0 saturated carbocycles. The number of carbonyl (C=O) groups excluding carboxylic acids is 1. The molecule has 0 aliphatic heterocycles. The Bertz CT molecular complexity index is 182. The van der Waals surface area contributed by atoms with E-state index in [9.17, 15) is 4.79 Å².